The first-order valence-electron chi connectivity index (χ1n) is 5.11. The number of alkyl halides is 1. The maximum atomic E-state index is 13.7. The highest BCUT2D eigenvalue weighted by Crippen LogP contribution is 2.43. The Kier molecular flexibility index (Phi) is 2.96. The van der Waals surface area contributed by atoms with Crippen molar-refractivity contribution in [2.75, 3.05) is 0 Å². The summed E-state index contributed by atoms with van der Waals surface area (Å²) in [5.74, 6) is -0.212. The monoisotopic (exact) mass is 246 g/mol. The molecule has 1 aromatic carbocycles. The molecule has 0 heterocycles. The number of halogens is 3. The standard InChI is InChI=1S/C12H13Cl2F/c1-12(5-4-9(14)7-12)10-3-2-8(13)6-11(10)15/h2-3,6,9H,4-5,7H2,1H3. The second kappa shape index (κ2) is 3.95. The molecule has 1 aromatic rings. The highest BCUT2D eigenvalue weighted by atomic mass is 35.5. The molecule has 3 heteroatoms. The van der Waals surface area contributed by atoms with Crippen LogP contribution < -0.4 is 0 Å². The van der Waals surface area contributed by atoms with Gasteiger partial charge >= 0.3 is 0 Å². The van der Waals surface area contributed by atoms with E-state index in [1.807, 2.05) is 0 Å². The van der Waals surface area contributed by atoms with Gasteiger partial charge in [-0.15, -0.1) is 11.6 Å². The molecule has 0 amide bonds. The molecule has 82 valence electrons. The molecule has 1 aliphatic rings. The Morgan fingerprint density at radius 2 is 2.20 bits per heavy atom. The van der Waals surface area contributed by atoms with Crippen LogP contribution in [-0.2, 0) is 5.41 Å². The van der Waals surface area contributed by atoms with E-state index >= 15 is 0 Å². The third-order valence-corrected chi connectivity index (χ3v) is 3.87. The zero-order valence-corrected chi connectivity index (χ0v) is 10.1. The van der Waals surface area contributed by atoms with Crippen molar-refractivity contribution >= 4 is 23.2 Å². The summed E-state index contributed by atoms with van der Waals surface area (Å²) in [5, 5.41) is 0.616. The van der Waals surface area contributed by atoms with E-state index in [1.54, 1.807) is 12.1 Å². The summed E-state index contributed by atoms with van der Waals surface area (Å²) in [5.41, 5.74) is 0.621. The highest BCUT2D eigenvalue weighted by molar-refractivity contribution is 6.30. The molecule has 1 saturated carbocycles. The Balaban J connectivity index is 2.37. The van der Waals surface area contributed by atoms with Gasteiger partial charge < -0.3 is 0 Å². The van der Waals surface area contributed by atoms with Crippen LogP contribution in [-0.4, -0.2) is 5.38 Å². The molecule has 0 bridgehead atoms. The molecule has 2 rings (SSSR count). The number of hydrogen-bond donors (Lipinski definition) is 0. The minimum atomic E-state index is -0.212. The van der Waals surface area contributed by atoms with Gasteiger partial charge in [0.05, 0.1) is 0 Å². The summed E-state index contributed by atoms with van der Waals surface area (Å²) in [6.45, 7) is 2.07. The van der Waals surface area contributed by atoms with Crippen molar-refractivity contribution in [1.82, 2.24) is 0 Å². The maximum Gasteiger partial charge on any atom is 0.128 e. The van der Waals surface area contributed by atoms with E-state index in [4.69, 9.17) is 23.2 Å². The van der Waals surface area contributed by atoms with Crippen LogP contribution in [0.2, 0.25) is 5.02 Å². The number of rotatable bonds is 1. The zero-order valence-electron chi connectivity index (χ0n) is 8.56. The van der Waals surface area contributed by atoms with Gasteiger partial charge in [-0.05, 0) is 42.4 Å². The average Bonchev–Trinajstić information content (AvgIpc) is 2.46. The fourth-order valence-corrected chi connectivity index (χ4v) is 3.00. The summed E-state index contributed by atoms with van der Waals surface area (Å²) in [7, 11) is 0. The van der Waals surface area contributed by atoms with Gasteiger partial charge in [-0.1, -0.05) is 24.6 Å². The number of benzene rings is 1. The predicted molar refractivity (Wildman–Crippen MR) is 62.3 cm³/mol. The molecule has 15 heavy (non-hydrogen) atoms. The van der Waals surface area contributed by atoms with E-state index in [2.05, 4.69) is 6.92 Å². The number of hydrogen-bond acceptors (Lipinski definition) is 0. The Morgan fingerprint density at radius 3 is 2.73 bits per heavy atom. The maximum absolute atomic E-state index is 13.7. The average molecular weight is 247 g/mol. The SMILES string of the molecule is CC1(c2ccc(Cl)cc2F)CCC(Cl)C1. The van der Waals surface area contributed by atoms with Crippen molar-refractivity contribution in [2.24, 2.45) is 0 Å². The molecular weight excluding hydrogens is 234 g/mol. The van der Waals surface area contributed by atoms with Crippen LogP contribution >= 0.6 is 23.2 Å². The van der Waals surface area contributed by atoms with Crippen LogP contribution in [0, 0.1) is 5.82 Å². The van der Waals surface area contributed by atoms with Gasteiger partial charge in [0.1, 0.15) is 5.82 Å². The Bertz CT molecular complexity index is 378. The van der Waals surface area contributed by atoms with Crippen LogP contribution in [0.1, 0.15) is 31.7 Å². The van der Waals surface area contributed by atoms with Crippen molar-refractivity contribution in [2.45, 2.75) is 37.0 Å². The minimum Gasteiger partial charge on any atom is -0.207 e. The molecule has 0 radical (unpaired) electrons. The molecular formula is C12H13Cl2F. The Labute approximate surface area is 99.4 Å². The van der Waals surface area contributed by atoms with Crippen molar-refractivity contribution in [1.29, 1.82) is 0 Å². The lowest BCUT2D eigenvalue weighted by molar-refractivity contribution is 0.458. The molecule has 2 atom stereocenters. The normalized spacial score (nSPS) is 30.8. The van der Waals surface area contributed by atoms with Crippen LogP contribution in [0.4, 0.5) is 4.39 Å². The van der Waals surface area contributed by atoms with Crippen LogP contribution in [0.15, 0.2) is 18.2 Å². The molecule has 0 aromatic heterocycles. The largest absolute Gasteiger partial charge is 0.207 e. The first-order chi connectivity index (χ1) is 7.01. The second-order valence-corrected chi connectivity index (χ2v) is 5.58. The lowest BCUT2D eigenvalue weighted by Crippen LogP contribution is -2.19. The van der Waals surface area contributed by atoms with Gasteiger partial charge in [-0.3, -0.25) is 0 Å². The summed E-state index contributed by atoms with van der Waals surface area (Å²) < 4.78 is 13.7. The molecule has 0 aliphatic heterocycles. The van der Waals surface area contributed by atoms with Crippen LogP contribution in [0.25, 0.3) is 0 Å². The van der Waals surface area contributed by atoms with E-state index in [0.29, 0.717) is 5.02 Å². The quantitative estimate of drug-likeness (QED) is 0.639. The molecule has 1 aliphatic carbocycles. The molecule has 2 unspecified atom stereocenters. The molecule has 0 nitrogen and oxygen atoms in total. The van der Waals surface area contributed by atoms with E-state index in [0.717, 1.165) is 24.8 Å². The van der Waals surface area contributed by atoms with Crippen LogP contribution in [0.5, 0.6) is 0 Å². The van der Waals surface area contributed by atoms with Crippen molar-refractivity contribution in [3.8, 4) is 0 Å². The molecule has 1 fully saturated rings. The molecule has 0 N–H and O–H groups in total. The third-order valence-electron chi connectivity index (χ3n) is 3.26. The van der Waals surface area contributed by atoms with Gasteiger partial charge in [0.25, 0.3) is 0 Å². The van der Waals surface area contributed by atoms with Gasteiger partial charge in [-0.2, -0.15) is 0 Å². The molecule has 0 spiro atoms. The predicted octanol–water partition coefficient (Wildman–Crippen LogP) is 4.53. The summed E-state index contributed by atoms with van der Waals surface area (Å²) in [6.07, 6.45) is 2.74. The third kappa shape index (κ3) is 2.14. The highest BCUT2D eigenvalue weighted by Gasteiger charge is 2.37. The van der Waals surface area contributed by atoms with E-state index in [1.165, 1.54) is 6.07 Å². The van der Waals surface area contributed by atoms with Gasteiger partial charge in [0, 0.05) is 10.4 Å². The van der Waals surface area contributed by atoms with Crippen molar-refractivity contribution in [3.63, 3.8) is 0 Å². The lowest BCUT2D eigenvalue weighted by Gasteiger charge is -2.24. The Hall–Kier alpha value is -0.270. The zero-order chi connectivity index (χ0) is 11.1. The topological polar surface area (TPSA) is 0 Å². The summed E-state index contributed by atoms with van der Waals surface area (Å²) in [4.78, 5) is 0. The first kappa shape index (κ1) is 11.2. The smallest absolute Gasteiger partial charge is 0.128 e. The van der Waals surface area contributed by atoms with E-state index in [9.17, 15) is 4.39 Å². The molecule has 0 saturated heterocycles. The summed E-state index contributed by atoms with van der Waals surface area (Å²) in [6, 6.07) is 4.91. The summed E-state index contributed by atoms with van der Waals surface area (Å²) >= 11 is 11.8. The van der Waals surface area contributed by atoms with E-state index < -0.39 is 0 Å². The Morgan fingerprint density at radius 1 is 1.47 bits per heavy atom. The lowest BCUT2D eigenvalue weighted by atomic mass is 9.81. The fraction of sp³-hybridized carbons (Fsp3) is 0.500. The minimum absolute atomic E-state index is 0.124. The first-order valence-corrected chi connectivity index (χ1v) is 5.92. The van der Waals surface area contributed by atoms with Crippen molar-refractivity contribution in [3.05, 3.63) is 34.6 Å². The van der Waals surface area contributed by atoms with Gasteiger partial charge in [-0.25, -0.2) is 4.39 Å². The second-order valence-electron chi connectivity index (χ2n) is 4.52. The van der Waals surface area contributed by atoms with E-state index in [-0.39, 0.29) is 16.6 Å². The fourth-order valence-electron chi connectivity index (χ4n) is 2.39. The van der Waals surface area contributed by atoms with Gasteiger partial charge in [0.2, 0.25) is 0 Å². The van der Waals surface area contributed by atoms with Crippen LogP contribution in [0.3, 0.4) is 0 Å². The van der Waals surface area contributed by atoms with Crippen molar-refractivity contribution < 1.29 is 4.39 Å². The van der Waals surface area contributed by atoms with Gasteiger partial charge in [0.15, 0.2) is 0 Å².